The maximum atomic E-state index is 11.9. The molecule has 19 heavy (non-hydrogen) atoms. The smallest absolute Gasteiger partial charge is 0.212 e. The van der Waals surface area contributed by atoms with E-state index in [9.17, 15) is 8.42 Å². The minimum absolute atomic E-state index is 0.0580. The van der Waals surface area contributed by atoms with Gasteiger partial charge in [-0.1, -0.05) is 19.4 Å². The second-order valence-electron chi connectivity index (χ2n) is 4.30. The molecule has 0 aliphatic heterocycles. The normalized spacial score (nSPS) is 13.1. The van der Waals surface area contributed by atoms with Crippen molar-refractivity contribution in [2.45, 2.75) is 32.2 Å². The van der Waals surface area contributed by atoms with Crippen molar-refractivity contribution in [1.82, 2.24) is 9.71 Å². The summed E-state index contributed by atoms with van der Waals surface area (Å²) in [6, 6.07) is 4.77. The van der Waals surface area contributed by atoms with Crippen molar-refractivity contribution in [3.05, 3.63) is 30.1 Å². The molecule has 4 N–H and O–H groups in total. The Bertz CT molecular complexity index is 502. The molecule has 0 aliphatic rings. The van der Waals surface area contributed by atoms with Crippen LogP contribution in [0.25, 0.3) is 0 Å². The number of nitrogens with two attached hydrogens (primary N) is 1. The molecule has 7 heteroatoms. The van der Waals surface area contributed by atoms with Gasteiger partial charge in [0.15, 0.2) is 0 Å². The average Bonchev–Trinajstić information content (AvgIpc) is 2.37. The Morgan fingerprint density at radius 2 is 2.26 bits per heavy atom. The van der Waals surface area contributed by atoms with Crippen LogP contribution in [0.15, 0.2) is 24.4 Å². The lowest BCUT2D eigenvalue weighted by Gasteiger charge is -2.16. The van der Waals surface area contributed by atoms with Crippen molar-refractivity contribution < 1.29 is 8.42 Å². The first-order valence-corrected chi connectivity index (χ1v) is 7.83. The van der Waals surface area contributed by atoms with Gasteiger partial charge in [-0.3, -0.25) is 10.4 Å². The minimum Gasteiger partial charge on any atom is -0.386 e. The zero-order valence-electron chi connectivity index (χ0n) is 11.0. The number of hydrogen-bond acceptors (Lipinski definition) is 4. The summed E-state index contributed by atoms with van der Waals surface area (Å²) in [6.07, 6.45) is 3.25. The van der Waals surface area contributed by atoms with E-state index in [2.05, 4.69) is 9.71 Å². The molecule has 1 aromatic rings. The van der Waals surface area contributed by atoms with Gasteiger partial charge >= 0.3 is 0 Å². The van der Waals surface area contributed by atoms with Gasteiger partial charge in [-0.15, -0.1) is 0 Å². The fraction of sp³-hybridized carbons (Fsp3) is 0.500. The summed E-state index contributed by atoms with van der Waals surface area (Å²) in [7, 11) is -3.46. The van der Waals surface area contributed by atoms with Gasteiger partial charge in [-0.2, -0.15) is 0 Å². The SMILES string of the molecule is CCCC(NS(=O)(=O)CCc1ccccn1)C(=N)N. The van der Waals surface area contributed by atoms with E-state index in [1.54, 1.807) is 18.3 Å². The van der Waals surface area contributed by atoms with Crippen LogP contribution < -0.4 is 10.5 Å². The van der Waals surface area contributed by atoms with Gasteiger partial charge in [0, 0.05) is 18.3 Å². The van der Waals surface area contributed by atoms with Gasteiger partial charge in [0.05, 0.1) is 11.8 Å². The predicted molar refractivity (Wildman–Crippen MR) is 75.5 cm³/mol. The van der Waals surface area contributed by atoms with Crippen molar-refractivity contribution in [2.75, 3.05) is 5.75 Å². The Hall–Kier alpha value is -1.47. The van der Waals surface area contributed by atoms with Crippen LogP contribution in [0.5, 0.6) is 0 Å². The molecule has 0 aliphatic carbocycles. The first kappa shape index (κ1) is 15.6. The van der Waals surface area contributed by atoms with Gasteiger partial charge in [0.1, 0.15) is 5.84 Å². The van der Waals surface area contributed by atoms with Crippen LogP contribution in [-0.2, 0) is 16.4 Å². The van der Waals surface area contributed by atoms with E-state index in [0.717, 1.165) is 12.1 Å². The van der Waals surface area contributed by atoms with E-state index in [0.29, 0.717) is 12.8 Å². The van der Waals surface area contributed by atoms with Crippen molar-refractivity contribution in [2.24, 2.45) is 5.73 Å². The van der Waals surface area contributed by atoms with E-state index in [1.807, 2.05) is 13.0 Å². The summed E-state index contributed by atoms with van der Waals surface area (Å²) >= 11 is 0. The number of nitrogens with one attached hydrogen (secondary N) is 2. The monoisotopic (exact) mass is 284 g/mol. The van der Waals surface area contributed by atoms with E-state index in [4.69, 9.17) is 11.1 Å². The Morgan fingerprint density at radius 1 is 1.53 bits per heavy atom. The fourth-order valence-corrected chi connectivity index (χ4v) is 2.90. The molecule has 1 rings (SSSR count). The third kappa shape index (κ3) is 5.80. The molecule has 6 nitrogen and oxygen atoms in total. The van der Waals surface area contributed by atoms with Crippen LogP contribution in [0, 0.1) is 5.41 Å². The van der Waals surface area contributed by atoms with Gasteiger partial charge in [0.2, 0.25) is 10.0 Å². The molecule has 0 amide bonds. The van der Waals surface area contributed by atoms with E-state index >= 15 is 0 Å². The third-order valence-electron chi connectivity index (χ3n) is 2.63. The second kappa shape index (κ2) is 7.20. The Labute approximate surface area is 114 Å². The highest BCUT2D eigenvalue weighted by Gasteiger charge is 2.19. The number of amidine groups is 1. The van der Waals surface area contributed by atoms with Crippen molar-refractivity contribution in [1.29, 1.82) is 5.41 Å². The highest BCUT2D eigenvalue weighted by Crippen LogP contribution is 2.02. The number of sulfonamides is 1. The number of rotatable bonds is 8. The lowest BCUT2D eigenvalue weighted by molar-refractivity contribution is 0.564. The first-order valence-electron chi connectivity index (χ1n) is 6.18. The Balaban J connectivity index is 2.58. The van der Waals surface area contributed by atoms with Crippen LogP contribution in [0.3, 0.4) is 0 Å². The second-order valence-corrected chi connectivity index (χ2v) is 6.18. The van der Waals surface area contributed by atoms with Crippen LogP contribution in [-0.4, -0.2) is 31.0 Å². The van der Waals surface area contributed by atoms with E-state index < -0.39 is 16.1 Å². The molecule has 0 bridgehead atoms. The molecule has 0 aromatic carbocycles. The lowest BCUT2D eigenvalue weighted by Crippen LogP contribution is -2.45. The summed E-state index contributed by atoms with van der Waals surface area (Å²) in [5.41, 5.74) is 6.11. The molecule has 1 aromatic heterocycles. The molecule has 1 unspecified atom stereocenters. The quantitative estimate of drug-likeness (QED) is 0.481. The highest BCUT2D eigenvalue weighted by atomic mass is 32.2. The zero-order valence-corrected chi connectivity index (χ0v) is 11.8. The molecule has 0 fully saturated rings. The molecule has 0 spiro atoms. The molecule has 0 saturated carbocycles. The van der Waals surface area contributed by atoms with Crippen LogP contribution >= 0.6 is 0 Å². The van der Waals surface area contributed by atoms with Gasteiger partial charge < -0.3 is 5.73 Å². The van der Waals surface area contributed by atoms with Crippen molar-refractivity contribution >= 4 is 15.9 Å². The van der Waals surface area contributed by atoms with Crippen LogP contribution in [0.2, 0.25) is 0 Å². The molecule has 1 heterocycles. The van der Waals surface area contributed by atoms with Gasteiger partial charge in [0.25, 0.3) is 0 Å². The fourth-order valence-electron chi connectivity index (χ4n) is 1.63. The lowest BCUT2D eigenvalue weighted by atomic mass is 10.2. The average molecular weight is 284 g/mol. The van der Waals surface area contributed by atoms with Crippen molar-refractivity contribution in [3.63, 3.8) is 0 Å². The summed E-state index contributed by atoms with van der Waals surface area (Å²) in [5, 5.41) is 7.37. The standard InChI is InChI=1S/C12H20N4O2S/c1-2-5-11(12(13)14)16-19(17,18)9-7-10-6-3-4-8-15-10/h3-4,6,8,11,16H,2,5,7,9H2,1H3,(H3,13,14). The third-order valence-corrected chi connectivity index (χ3v) is 4.01. The minimum atomic E-state index is -3.46. The number of nitrogens with zero attached hydrogens (tertiary/aromatic N) is 1. The molecular formula is C12H20N4O2S. The maximum absolute atomic E-state index is 11.9. The molecule has 0 radical (unpaired) electrons. The van der Waals surface area contributed by atoms with Crippen LogP contribution in [0.4, 0.5) is 0 Å². The highest BCUT2D eigenvalue weighted by molar-refractivity contribution is 7.89. The summed E-state index contributed by atoms with van der Waals surface area (Å²) in [6.45, 7) is 1.91. The molecule has 106 valence electrons. The van der Waals surface area contributed by atoms with Crippen molar-refractivity contribution in [3.8, 4) is 0 Å². The summed E-state index contributed by atoms with van der Waals surface area (Å²) < 4.78 is 26.3. The predicted octanol–water partition coefficient (Wildman–Crippen LogP) is 0.648. The summed E-state index contributed by atoms with van der Waals surface area (Å²) in [5.74, 6) is -0.208. The van der Waals surface area contributed by atoms with Gasteiger partial charge in [-0.05, 0) is 18.6 Å². The number of aromatic nitrogens is 1. The summed E-state index contributed by atoms with van der Waals surface area (Å²) in [4.78, 5) is 4.07. The number of aryl methyl sites for hydroxylation is 1. The molecule has 1 atom stereocenters. The topological polar surface area (TPSA) is 109 Å². The first-order chi connectivity index (χ1) is 8.94. The number of pyridine rings is 1. The Morgan fingerprint density at radius 3 is 2.79 bits per heavy atom. The molecule has 0 saturated heterocycles. The zero-order chi connectivity index (χ0) is 14.3. The van der Waals surface area contributed by atoms with Gasteiger partial charge in [-0.25, -0.2) is 13.1 Å². The Kier molecular flexibility index (Phi) is 5.91. The maximum Gasteiger partial charge on any atom is 0.212 e. The number of hydrogen-bond donors (Lipinski definition) is 3. The van der Waals surface area contributed by atoms with E-state index in [1.165, 1.54) is 0 Å². The van der Waals surface area contributed by atoms with Crippen LogP contribution in [0.1, 0.15) is 25.5 Å². The molecular weight excluding hydrogens is 264 g/mol. The largest absolute Gasteiger partial charge is 0.386 e. The van der Waals surface area contributed by atoms with E-state index in [-0.39, 0.29) is 11.6 Å².